The third-order valence-electron chi connectivity index (χ3n) is 3.92. The van der Waals surface area contributed by atoms with Gasteiger partial charge in [0.05, 0.1) is 11.3 Å². The summed E-state index contributed by atoms with van der Waals surface area (Å²) in [5.74, 6) is 0. The van der Waals surface area contributed by atoms with Gasteiger partial charge in [0.2, 0.25) is 0 Å². The third-order valence-corrected chi connectivity index (χ3v) is 4.16. The highest BCUT2D eigenvalue weighted by atomic mass is 35.5. The molecule has 1 heterocycles. The topological polar surface area (TPSA) is 49.6 Å². The normalized spacial score (nSPS) is 19.9. The van der Waals surface area contributed by atoms with Crippen LogP contribution in [-0.4, -0.2) is 48.2 Å². The molecule has 1 saturated heterocycles. The minimum absolute atomic E-state index is 0.0506. The average Bonchev–Trinajstić information content (AvgIpc) is 2.44. The number of piperazine rings is 1. The maximum Gasteiger partial charge on any atom is 0.390 e. The second-order valence-electron chi connectivity index (χ2n) is 5.59. The zero-order valence-electron chi connectivity index (χ0n) is 12.5. The molecule has 1 fully saturated rings. The van der Waals surface area contributed by atoms with Gasteiger partial charge in [0.25, 0.3) is 5.69 Å². The molecule has 1 aliphatic heterocycles. The maximum atomic E-state index is 12.3. The maximum absolute atomic E-state index is 12.3. The number of anilines is 1. The fourth-order valence-corrected chi connectivity index (χ4v) is 2.89. The number of hydrogen-bond donors (Lipinski definition) is 0. The lowest BCUT2D eigenvalue weighted by atomic mass is 10.1. The highest BCUT2D eigenvalue weighted by molar-refractivity contribution is 6.31. The van der Waals surface area contributed by atoms with Crippen LogP contribution in [0.1, 0.15) is 13.3 Å². The van der Waals surface area contributed by atoms with Gasteiger partial charge in [-0.25, -0.2) is 0 Å². The molecule has 5 nitrogen and oxygen atoms in total. The number of nitrogens with zero attached hydrogens (tertiary/aromatic N) is 3. The molecule has 0 aliphatic carbocycles. The van der Waals surface area contributed by atoms with E-state index in [1.165, 1.54) is 18.2 Å². The van der Waals surface area contributed by atoms with Crippen LogP contribution in [0.2, 0.25) is 5.02 Å². The summed E-state index contributed by atoms with van der Waals surface area (Å²) in [6, 6.07) is 4.19. The first-order chi connectivity index (χ1) is 10.7. The van der Waals surface area contributed by atoms with Crippen molar-refractivity contribution in [3.8, 4) is 0 Å². The Bertz CT molecular complexity index is 583. The predicted octanol–water partition coefficient (Wildman–Crippen LogP) is 3.71. The molecular formula is C14H17ClF3N3O2. The second kappa shape index (κ2) is 6.92. The molecule has 0 amide bonds. The molecule has 1 aliphatic rings. The van der Waals surface area contributed by atoms with E-state index in [2.05, 4.69) is 0 Å². The van der Waals surface area contributed by atoms with Crippen molar-refractivity contribution in [2.45, 2.75) is 25.6 Å². The monoisotopic (exact) mass is 351 g/mol. The van der Waals surface area contributed by atoms with Crippen LogP contribution in [0.4, 0.5) is 24.5 Å². The van der Waals surface area contributed by atoms with Crippen molar-refractivity contribution >= 4 is 23.0 Å². The Kier molecular flexibility index (Phi) is 5.36. The van der Waals surface area contributed by atoms with Crippen LogP contribution in [0, 0.1) is 10.1 Å². The van der Waals surface area contributed by atoms with Crippen LogP contribution in [0.5, 0.6) is 0 Å². The number of rotatable bonds is 4. The van der Waals surface area contributed by atoms with E-state index in [4.69, 9.17) is 11.6 Å². The lowest BCUT2D eigenvalue weighted by Gasteiger charge is -2.40. The van der Waals surface area contributed by atoms with Crippen molar-refractivity contribution in [1.29, 1.82) is 0 Å². The van der Waals surface area contributed by atoms with Crippen LogP contribution >= 0.6 is 11.6 Å². The van der Waals surface area contributed by atoms with Gasteiger partial charge < -0.3 is 4.90 Å². The molecule has 0 unspecified atom stereocenters. The molecule has 0 aromatic heterocycles. The predicted molar refractivity (Wildman–Crippen MR) is 82.0 cm³/mol. The molecule has 1 aromatic rings. The van der Waals surface area contributed by atoms with E-state index in [1.54, 1.807) is 9.80 Å². The molecule has 2 rings (SSSR count). The summed E-state index contributed by atoms with van der Waals surface area (Å²) in [7, 11) is 0. The highest BCUT2D eigenvalue weighted by Crippen LogP contribution is 2.32. The molecule has 0 N–H and O–H groups in total. The molecule has 1 atom stereocenters. The summed E-state index contributed by atoms with van der Waals surface area (Å²) in [4.78, 5) is 14.2. The van der Waals surface area contributed by atoms with Crippen molar-refractivity contribution in [2.24, 2.45) is 0 Å². The molecule has 1 aromatic carbocycles. The van der Waals surface area contributed by atoms with E-state index in [1.807, 2.05) is 6.92 Å². The van der Waals surface area contributed by atoms with Crippen LogP contribution in [-0.2, 0) is 0 Å². The Morgan fingerprint density at radius 3 is 2.65 bits per heavy atom. The largest absolute Gasteiger partial charge is 0.390 e. The molecule has 0 bridgehead atoms. The van der Waals surface area contributed by atoms with E-state index in [0.29, 0.717) is 30.3 Å². The Labute approximate surface area is 136 Å². The van der Waals surface area contributed by atoms with Gasteiger partial charge in [-0.15, -0.1) is 0 Å². The average molecular weight is 352 g/mol. The zero-order valence-corrected chi connectivity index (χ0v) is 13.3. The van der Waals surface area contributed by atoms with Crippen LogP contribution < -0.4 is 4.90 Å². The molecule has 0 saturated carbocycles. The van der Waals surface area contributed by atoms with Gasteiger partial charge in [-0.1, -0.05) is 11.6 Å². The number of alkyl halides is 3. The van der Waals surface area contributed by atoms with E-state index in [0.717, 1.165) is 0 Å². The lowest BCUT2D eigenvalue weighted by Crippen LogP contribution is -2.52. The molecule has 23 heavy (non-hydrogen) atoms. The Morgan fingerprint density at radius 1 is 1.39 bits per heavy atom. The van der Waals surface area contributed by atoms with Crippen molar-refractivity contribution in [3.05, 3.63) is 33.3 Å². The minimum atomic E-state index is -4.18. The minimum Gasteiger partial charge on any atom is -0.363 e. The quantitative estimate of drug-likeness (QED) is 0.613. The molecule has 9 heteroatoms. The van der Waals surface area contributed by atoms with Gasteiger partial charge in [-0.05, 0) is 19.1 Å². The molecule has 0 radical (unpaired) electrons. The summed E-state index contributed by atoms with van der Waals surface area (Å²) in [5, 5.41) is 11.5. The summed E-state index contributed by atoms with van der Waals surface area (Å²) < 4.78 is 37.0. The van der Waals surface area contributed by atoms with Gasteiger partial charge in [0, 0.05) is 43.3 Å². The van der Waals surface area contributed by atoms with Crippen LogP contribution in [0.25, 0.3) is 0 Å². The highest BCUT2D eigenvalue weighted by Gasteiger charge is 2.32. The second-order valence-corrected chi connectivity index (χ2v) is 6.02. The summed E-state index contributed by atoms with van der Waals surface area (Å²) in [6.07, 6.45) is -5.03. The van der Waals surface area contributed by atoms with Gasteiger partial charge in [0.15, 0.2) is 0 Å². The fourth-order valence-electron chi connectivity index (χ4n) is 2.72. The first kappa shape index (κ1) is 17.8. The van der Waals surface area contributed by atoms with E-state index < -0.39 is 17.5 Å². The summed E-state index contributed by atoms with van der Waals surface area (Å²) in [6.45, 7) is 3.01. The van der Waals surface area contributed by atoms with Crippen molar-refractivity contribution in [1.82, 2.24) is 4.90 Å². The Hall–Kier alpha value is -1.54. The molecule has 0 spiro atoms. The number of benzene rings is 1. The van der Waals surface area contributed by atoms with Crippen molar-refractivity contribution in [2.75, 3.05) is 31.1 Å². The third kappa shape index (κ3) is 4.71. The summed E-state index contributed by atoms with van der Waals surface area (Å²) >= 11 is 5.92. The van der Waals surface area contributed by atoms with Crippen molar-refractivity contribution < 1.29 is 18.1 Å². The lowest BCUT2D eigenvalue weighted by molar-refractivity contribution is -0.384. The molecule has 128 valence electrons. The smallest absolute Gasteiger partial charge is 0.363 e. The van der Waals surface area contributed by atoms with Gasteiger partial charge in [0.1, 0.15) is 5.69 Å². The molecular weight excluding hydrogens is 335 g/mol. The standard InChI is InChI=1S/C14H17ClF3N3O2/c1-10-9-20(7-6-19(10)5-4-14(16,17)18)13-8-11(15)2-3-12(13)21(22)23/h2-3,8,10H,4-7,9H2,1H3/t10-/m1/s1. The number of halogens is 4. The van der Waals surface area contributed by atoms with E-state index >= 15 is 0 Å². The van der Waals surface area contributed by atoms with Crippen LogP contribution in [0.3, 0.4) is 0 Å². The van der Waals surface area contributed by atoms with E-state index in [-0.39, 0.29) is 18.3 Å². The number of nitro benzene ring substituents is 1. The van der Waals surface area contributed by atoms with Gasteiger partial charge in [-0.3, -0.25) is 15.0 Å². The zero-order chi connectivity index (χ0) is 17.2. The van der Waals surface area contributed by atoms with Gasteiger partial charge >= 0.3 is 6.18 Å². The van der Waals surface area contributed by atoms with Crippen LogP contribution in [0.15, 0.2) is 18.2 Å². The van der Waals surface area contributed by atoms with Gasteiger partial charge in [-0.2, -0.15) is 13.2 Å². The van der Waals surface area contributed by atoms with E-state index in [9.17, 15) is 23.3 Å². The number of hydrogen-bond acceptors (Lipinski definition) is 4. The first-order valence-corrected chi connectivity index (χ1v) is 7.55. The fraction of sp³-hybridized carbons (Fsp3) is 0.571. The summed E-state index contributed by atoms with van der Waals surface area (Å²) in [5.41, 5.74) is 0.357. The van der Waals surface area contributed by atoms with Crippen molar-refractivity contribution in [3.63, 3.8) is 0 Å². The Morgan fingerprint density at radius 2 is 2.09 bits per heavy atom. The number of nitro groups is 1. The Balaban J connectivity index is 2.08. The SMILES string of the molecule is C[C@@H]1CN(c2cc(Cl)ccc2[N+](=O)[O-])CCN1CCC(F)(F)F. The first-order valence-electron chi connectivity index (χ1n) is 7.17.